The van der Waals surface area contributed by atoms with Crippen molar-refractivity contribution in [3.05, 3.63) is 46.0 Å². The summed E-state index contributed by atoms with van der Waals surface area (Å²) in [5, 5.41) is 0. The van der Waals surface area contributed by atoms with Crippen molar-refractivity contribution in [2.75, 3.05) is 23.0 Å². The van der Waals surface area contributed by atoms with Crippen molar-refractivity contribution in [3.63, 3.8) is 0 Å². The van der Waals surface area contributed by atoms with Gasteiger partial charge in [0.1, 0.15) is 0 Å². The van der Waals surface area contributed by atoms with Crippen LogP contribution >= 0.6 is 141 Å². The van der Waals surface area contributed by atoms with E-state index in [1.165, 1.54) is 162 Å². The standard InChI is InChI=1S/C38H54S12/c1-5-9-13-17-21-39-31-32(40-22-18-14-10-6-2)48-37(47-31)35-43-27-25-29-30(26-28(27)44-35)46-36(45-29)38-49-33(41-23-19-15-11-7-3)34(50-38)42-24-20-16-12-8-4/h25-26H,5-24H2,1-4H3. The molecular weight excluding hydrogens is 841 g/mol. The van der Waals surface area contributed by atoms with Gasteiger partial charge >= 0.3 is 0 Å². The topological polar surface area (TPSA) is 0 Å². The number of benzene rings is 1. The van der Waals surface area contributed by atoms with Crippen LogP contribution in [0.3, 0.4) is 0 Å². The maximum absolute atomic E-state index is 2.51. The van der Waals surface area contributed by atoms with E-state index in [0.29, 0.717) is 0 Å². The third-order valence-corrected chi connectivity index (χ3v) is 25.6. The number of hydrogen-bond acceptors (Lipinski definition) is 12. The first-order valence-corrected chi connectivity index (χ1v) is 29.2. The molecule has 278 valence electrons. The van der Waals surface area contributed by atoms with Gasteiger partial charge in [0.05, 0.1) is 33.9 Å². The van der Waals surface area contributed by atoms with Crippen molar-refractivity contribution in [2.45, 2.75) is 150 Å². The molecule has 0 fully saturated rings. The van der Waals surface area contributed by atoms with Gasteiger partial charge in [-0.3, -0.25) is 0 Å². The highest BCUT2D eigenvalue weighted by Gasteiger charge is 2.33. The summed E-state index contributed by atoms with van der Waals surface area (Å²) in [7, 11) is 0. The van der Waals surface area contributed by atoms with Crippen LogP contribution in [-0.2, 0) is 0 Å². The van der Waals surface area contributed by atoms with E-state index in [4.69, 9.17) is 0 Å². The van der Waals surface area contributed by atoms with Crippen molar-refractivity contribution in [1.82, 2.24) is 0 Å². The summed E-state index contributed by atoms with van der Waals surface area (Å²) in [6.45, 7) is 9.24. The Kier molecular flexibility index (Phi) is 21.7. The molecule has 50 heavy (non-hydrogen) atoms. The van der Waals surface area contributed by atoms with Crippen molar-refractivity contribution >= 4 is 141 Å². The monoisotopic (exact) mass is 894 g/mol. The molecule has 0 bridgehead atoms. The molecule has 0 N–H and O–H groups in total. The fraction of sp³-hybridized carbons (Fsp3) is 0.632. The summed E-state index contributed by atoms with van der Waals surface area (Å²) in [6.07, 6.45) is 21.6. The summed E-state index contributed by atoms with van der Waals surface area (Å²) in [4.78, 5) is 5.84. The molecule has 12 heteroatoms. The lowest BCUT2D eigenvalue weighted by atomic mass is 10.2. The number of unbranched alkanes of at least 4 members (excludes halogenated alkanes) is 12. The Hall–Kier alpha value is 2.38. The van der Waals surface area contributed by atoms with E-state index in [1.807, 2.05) is 47.0 Å². The fourth-order valence-corrected chi connectivity index (χ4v) is 23.1. The summed E-state index contributed by atoms with van der Waals surface area (Å²) in [5.74, 6) is 5.04. The van der Waals surface area contributed by atoms with Crippen molar-refractivity contribution in [2.24, 2.45) is 0 Å². The molecule has 5 rings (SSSR count). The molecule has 4 aliphatic rings. The lowest BCUT2D eigenvalue weighted by molar-refractivity contribution is 0.707. The first kappa shape index (κ1) is 43.5. The van der Waals surface area contributed by atoms with Crippen LogP contribution < -0.4 is 0 Å². The fourth-order valence-electron chi connectivity index (χ4n) is 5.29. The Balaban J connectivity index is 1.20. The van der Waals surface area contributed by atoms with Crippen LogP contribution in [0.15, 0.2) is 65.6 Å². The molecule has 0 radical (unpaired) electrons. The average Bonchev–Trinajstić information content (AvgIpc) is 3.91. The van der Waals surface area contributed by atoms with E-state index in [0.717, 1.165) is 0 Å². The van der Waals surface area contributed by atoms with Gasteiger partial charge < -0.3 is 0 Å². The second-order valence-corrected chi connectivity index (χ2v) is 27.3. The van der Waals surface area contributed by atoms with E-state index in [2.05, 4.69) is 134 Å². The Morgan fingerprint density at radius 3 is 0.800 bits per heavy atom. The van der Waals surface area contributed by atoms with Gasteiger partial charge in [-0.25, -0.2) is 0 Å². The summed E-state index contributed by atoms with van der Waals surface area (Å²) >= 11 is 24.9. The Morgan fingerprint density at radius 2 is 0.560 bits per heavy atom. The van der Waals surface area contributed by atoms with Crippen molar-refractivity contribution < 1.29 is 0 Å². The highest BCUT2D eigenvalue weighted by atomic mass is 32.3. The van der Waals surface area contributed by atoms with Gasteiger partial charge in [-0.15, -0.1) is 47.0 Å². The van der Waals surface area contributed by atoms with Crippen LogP contribution in [0.5, 0.6) is 0 Å². The molecular formula is C38H54S12. The molecule has 4 aliphatic heterocycles. The second-order valence-electron chi connectivity index (χ2n) is 12.5. The van der Waals surface area contributed by atoms with Crippen LogP contribution in [0.1, 0.15) is 130 Å². The summed E-state index contributed by atoms with van der Waals surface area (Å²) in [6, 6.07) is 5.02. The Labute approximate surface area is 356 Å². The number of thioether (sulfide) groups is 12. The number of hydrogen-bond donors (Lipinski definition) is 0. The zero-order chi connectivity index (χ0) is 35.0. The minimum atomic E-state index is 1.26. The van der Waals surface area contributed by atoms with Gasteiger partial charge in [-0.2, -0.15) is 0 Å². The van der Waals surface area contributed by atoms with E-state index in [-0.39, 0.29) is 0 Å². The minimum Gasteiger partial charge on any atom is -0.117 e. The third kappa shape index (κ3) is 13.8. The first-order valence-electron chi connectivity index (χ1n) is 18.7. The average molecular weight is 896 g/mol. The molecule has 0 aromatic heterocycles. The maximum atomic E-state index is 2.51. The lowest BCUT2D eigenvalue weighted by Crippen LogP contribution is -1.83. The van der Waals surface area contributed by atoms with Gasteiger partial charge in [0, 0.05) is 19.6 Å². The highest BCUT2D eigenvalue weighted by molar-refractivity contribution is 8.43. The minimum absolute atomic E-state index is 1.26. The van der Waals surface area contributed by atoms with Gasteiger partial charge in [0.15, 0.2) is 0 Å². The normalized spacial score (nSPS) is 17.4. The zero-order valence-electron chi connectivity index (χ0n) is 30.2. The lowest BCUT2D eigenvalue weighted by Gasteiger charge is -2.05. The van der Waals surface area contributed by atoms with Gasteiger partial charge in [-0.05, 0) is 60.8 Å². The van der Waals surface area contributed by atoms with Crippen molar-refractivity contribution in [1.29, 1.82) is 0 Å². The predicted octanol–water partition coefficient (Wildman–Crippen LogP) is 18.8. The van der Waals surface area contributed by atoms with Gasteiger partial charge in [0.2, 0.25) is 0 Å². The molecule has 0 amide bonds. The largest absolute Gasteiger partial charge is 0.117 e. The zero-order valence-corrected chi connectivity index (χ0v) is 40.0. The van der Waals surface area contributed by atoms with Gasteiger partial charge in [0.25, 0.3) is 0 Å². The van der Waals surface area contributed by atoms with Crippen LogP contribution in [0.2, 0.25) is 0 Å². The molecule has 4 heterocycles. The van der Waals surface area contributed by atoms with Gasteiger partial charge in [-0.1, -0.05) is 199 Å². The molecule has 0 nitrogen and oxygen atoms in total. The van der Waals surface area contributed by atoms with Crippen LogP contribution in [0.25, 0.3) is 0 Å². The Morgan fingerprint density at radius 1 is 0.320 bits per heavy atom. The first-order chi connectivity index (χ1) is 24.6. The molecule has 1 aromatic rings. The van der Waals surface area contributed by atoms with E-state index < -0.39 is 0 Å². The number of fused-ring (bicyclic) bond motifs is 2. The van der Waals surface area contributed by atoms with E-state index in [1.54, 1.807) is 16.9 Å². The highest BCUT2D eigenvalue weighted by Crippen LogP contribution is 2.68. The molecule has 0 saturated heterocycles. The Bertz CT molecular complexity index is 1180. The second kappa shape index (κ2) is 24.9. The van der Waals surface area contributed by atoms with Crippen LogP contribution in [0, 0.1) is 0 Å². The molecule has 0 spiro atoms. The molecule has 0 unspecified atom stereocenters. The van der Waals surface area contributed by atoms with Crippen LogP contribution in [0.4, 0.5) is 0 Å². The van der Waals surface area contributed by atoms with E-state index >= 15 is 0 Å². The van der Waals surface area contributed by atoms with E-state index in [9.17, 15) is 0 Å². The molecule has 0 saturated carbocycles. The molecule has 0 atom stereocenters. The molecule has 1 aromatic carbocycles. The number of rotatable bonds is 24. The van der Waals surface area contributed by atoms with Crippen LogP contribution in [-0.4, -0.2) is 23.0 Å². The molecule has 0 aliphatic carbocycles. The maximum Gasteiger partial charge on any atom is 0.0717 e. The third-order valence-electron chi connectivity index (χ3n) is 8.15. The summed E-state index contributed by atoms with van der Waals surface area (Å²) < 4.78 is 12.4. The summed E-state index contributed by atoms with van der Waals surface area (Å²) in [5.41, 5.74) is 0. The quantitative estimate of drug-likeness (QED) is 0.0908. The van der Waals surface area contributed by atoms with Crippen molar-refractivity contribution in [3.8, 4) is 0 Å². The predicted molar refractivity (Wildman–Crippen MR) is 255 cm³/mol. The smallest absolute Gasteiger partial charge is 0.0717 e. The SMILES string of the molecule is CCCCCCSC1=C(SCCCCCC)SC(=C2Sc3cc4c(cc3S2)SC(=C2SC(SCCCCCC)=C(SCCCCCC)S2)S4)S1.